The maximum atomic E-state index is 10.7. The molecule has 0 radical (unpaired) electrons. The van der Waals surface area contributed by atoms with Crippen LogP contribution in [0.5, 0.6) is 5.75 Å². The van der Waals surface area contributed by atoms with Crippen LogP contribution >= 0.6 is 0 Å². The van der Waals surface area contributed by atoms with Crippen molar-refractivity contribution in [3.05, 3.63) is 29.3 Å². The quantitative estimate of drug-likeness (QED) is 0.860. The van der Waals surface area contributed by atoms with Gasteiger partial charge in [-0.05, 0) is 22.6 Å². The number of methoxy groups -OCH3 is 1. The number of carbonyl (C=O) groups is 1. The molecule has 0 aliphatic rings. The van der Waals surface area contributed by atoms with E-state index >= 15 is 0 Å². The van der Waals surface area contributed by atoms with E-state index in [1.54, 1.807) is 0 Å². The fourth-order valence-electron chi connectivity index (χ4n) is 1.70. The summed E-state index contributed by atoms with van der Waals surface area (Å²) in [6.45, 7) is 6.23. The first-order valence-electron chi connectivity index (χ1n) is 5.84. The highest BCUT2D eigenvalue weighted by atomic mass is 16.5. The fourth-order valence-corrected chi connectivity index (χ4v) is 1.70. The zero-order valence-corrected chi connectivity index (χ0v) is 11.2. The molecule has 18 heavy (non-hydrogen) atoms. The van der Waals surface area contributed by atoms with Gasteiger partial charge in [-0.15, -0.1) is 0 Å². The molecule has 2 N–H and O–H groups in total. The van der Waals surface area contributed by atoms with Crippen LogP contribution in [0.1, 0.15) is 31.9 Å². The Hall–Kier alpha value is -1.55. The van der Waals surface area contributed by atoms with Crippen LogP contribution in [0.4, 0.5) is 0 Å². The minimum absolute atomic E-state index is 0.0325. The molecule has 0 amide bonds. The zero-order valence-electron chi connectivity index (χ0n) is 11.2. The van der Waals surface area contributed by atoms with Gasteiger partial charge in [-0.3, -0.25) is 0 Å². The van der Waals surface area contributed by atoms with Gasteiger partial charge in [0.05, 0.1) is 7.11 Å². The number of aliphatic carboxylic acids is 1. The van der Waals surface area contributed by atoms with Crippen molar-refractivity contribution in [3.8, 4) is 5.75 Å². The van der Waals surface area contributed by atoms with Crippen molar-refractivity contribution in [2.75, 3.05) is 7.11 Å². The lowest BCUT2D eigenvalue weighted by Crippen LogP contribution is -2.22. The van der Waals surface area contributed by atoms with Gasteiger partial charge in [-0.2, -0.15) is 0 Å². The lowest BCUT2D eigenvalue weighted by molar-refractivity contribution is -0.146. The highest BCUT2D eigenvalue weighted by Crippen LogP contribution is 2.28. The summed E-state index contributed by atoms with van der Waals surface area (Å²) in [5.41, 5.74) is 1.76. The van der Waals surface area contributed by atoms with Crippen molar-refractivity contribution < 1.29 is 19.7 Å². The topological polar surface area (TPSA) is 66.8 Å². The molecule has 0 saturated heterocycles. The first kappa shape index (κ1) is 14.5. The summed E-state index contributed by atoms with van der Waals surface area (Å²) in [7, 11) is 1.53. The molecule has 1 aromatic carbocycles. The van der Waals surface area contributed by atoms with Crippen molar-refractivity contribution in [3.63, 3.8) is 0 Å². The SMILES string of the molecule is COc1ccc(C(C)(C)C)cc1CC(O)C(=O)O. The van der Waals surface area contributed by atoms with E-state index in [9.17, 15) is 9.90 Å². The van der Waals surface area contributed by atoms with Crippen LogP contribution in [0, 0.1) is 0 Å². The maximum absolute atomic E-state index is 10.7. The molecule has 0 heterocycles. The number of hydrogen-bond acceptors (Lipinski definition) is 3. The number of carboxylic acid groups (broad SMARTS) is 1. The molecular weight excluding hydrogens is 232 g/mol. The first-order chi connectivity index (χ1) is 8.25. The molecule has 0 spiro atoms. The summed E-state index contributed by atoms with van der Waals surface area (Å²) in [6.07, 6.45) is -1.36. The molecule has 0 fully saturated rings. The van der Waals surface area contributed by atoms with Crippen LogP contribution in [0.3, 0.4) is 0 Å². The van der Waals surface area contributed by atoms with Crippen LogP contribution in [0.25, 0.3) is 0 Å². The third-order valence-electron chi connectivity index (χ3n) is 2.84. The van der Waals surface area contributed by atoms with Crippen molar-refractivity contribution in [1.29, 1.82) is 0 Å². The van der Waals surface area contributed by atoms with Gasteiger partial charge in [0.2, 0.25) is 0 Å². The summed E-state index contributed by atoms with van der Waals surface area (Å²) < 4.78 is 5.19. The zero-order chi connectivity index (χ0) is 13.9. The second-order valence-corrected chi connectivity index (χ2v) is 5.33. The Morgan fingerprint density at radius 2 is 2.00 bits per heavy atom. The molecule has 100 valence electrons. The number of rotatable bonds is 4. The Balaban J connectivity index is 3.10. The molecule has 1 atom stereocenters. The number of aliphatic hydroxyl groups is 1. The van der Waals surface area contributed by atoms with E-state index in [4.69, 9.17) is 9.84 Å². The van der Waals surface area contributed by atoms with Crippen molar-refractivity contribution in [2.24, 2.45) is 0 Å². The maximum Gasteiger partial charge on any atom is 0.332 e. The van der Waals surface area contributed by atoms with Crippen LogP contribution in [-0.2, 0) is 16.6 Å². The normalized spacial score (nSPS) is 13.2. The molecule has 0 aliphatic heterocycles. The van der Waals surface area contributed by atoms with Gasteiger partial charge in [-0.25, -0.2) is 4.79 Å². The summed E-state index contributed by atoms with van der Waals surface area (Å²) in [5, 5.41) is 18.2. The Bertz CT molecular complexity index is 432. The van der Waals surface area contributed by atoms with E-state index in [0.717, 1.165) is 5.56 Å². The highest BCUT2D eigenvalue weighted by molar-refractivity contribution is 5.72. The first-order valence-corrected chi connectivity index (χ1v) is 5.84. The molecule has 0 aliphatic carbocycles. The minimum atomic E-state index is -1.41. The summed E-state index contributed by atoms with van der Waals surface area (Å²) in [4.78, 5) is 10.7. The van der Waals surface area contributed by atoms with Crippen LogP contribution in [0.2, 0.25) is 0 Å². The third kappa shape index (κ3) is 3.47. The highest BCUT2D eigenvalue weighted by Gasteiger charge is 2.20. The summed E-state index contributed by atoms with van der Waals surface area (Å²) in [6, 6.07) is 5.66. The third-order valence-corrected chi connectivity index (χ3v) is 2.84. The smallest absolute Gasteiger partial charge is 0.332 e. The van der Waals surface area contributed by atoms with Crippen LogP contribution in [0.15, 0.2) is 18.2 Å². The number of benzene rings is 1. The number of aliphatic hydroxyl groups excluding tert-OH is 1. The van der Waals surface area contributed by atoms with Crippen molar-refractivity contribution >= 4 is 5.97 Å². The molecule has 1 aromatic rings. The van der Waals surface area contributed by atoms with Crippen molar-refractivity contribution in [1.82, 2.24) is 0 Å². The molecule has 1 rings (SSSR count). The van der Waals surface area contributed by atoms with E-state index in [2.05, 4.69) is 20.8 Å². The summed E-state index contributed by atoms with van der Waals surface area (Å²) in [5.74, 6) is -0.624. The largest absolute Gasteiger partial charge is 0.496 e. The molecule has 4 heteroatoms. The fraction of sp³-hybridized carbons (Fsp3) is 0.500. The molecule has 0 aromatic heterocycles. The van der Waals surface area contributed by atoms with Gasteiger partial charge in [0, 0.05) is 6.42 Å². The van der Waals surface area contributed by atoms with Crippen molar-refractivity contribution in [2.45, 2.75) is 38.7 Å². The number of carboxylic acids is 1. The van der Waals surface area contributed by atoms with Gasteiger partial charge < -0.3 is 14.9 Å². The van der Waals surface area contributed by atoms with E-state index < -0.39 is 12.1 Å². The Kier molecular flexibility index (Phi) is 4.35. The van der Waals surface area contributed by atoms with Gasteiger partial charge >= 0.3 is 5.97 Å². The number of ether oxygens (including phenoxy) is 1. The monoisotopic (exact) mass is 252 g/mol. The van der Waals surface area contributed by atoms with Gasteiger partial charge in [0.15, 0.2) is 6.10 Å². The minimum Gasteiger partial charge on any atom is -0.496 e. The van der Waals surface area contributed by atoms with Crippen LogP contribution in [-0.4, -0.2) is 29.4 Å². The summed E-state index contributed by atoms with van der Waals surface area (Å²) >= 11 is 0. The Morgan fingerprint density at radius 1 is 1.39 bits per heavy atom. The predicted molar refractivity (Wildman–Crippen MR) is 69.0 cm³/mol. The molecule has 0 bridgehead atoms. The Morgan fingerprint density at radius 3 is 2.44 bits per heavy atom. The van der Waals surface area contributed by atoms with E-state index in [1.165, 1.54) is 7.11 Å². The van der Waals surface area contributed by atoms with Crippen LogP contribution < -0.4 is 4.74 Å². The van der Waals surface area contributed by atoms with E-state index in [0.29, 0.717) is 11.3 Å². The van der Waals surface area contributed by atoms with E-state index in [1.807, 2.05) is 18.2 Å². The standard InChI is InChI=1S/C14H20O4/c1-14(2,3)10-5-6-12(18-4)9(7-10)8-11(15)13(16)17/h5-7,11,15H,8H2,1-4H3,(H,16,17). The van der Waals surface area contributed by atoms with E-state index in [-0.39, 0.29) is 11.8 Å². The molecule has 1 unspecified atom stereocenters. The second kappa shape index (κ2) is 5.40. The lowest BCUT2D eigenvalue weighted by Gasteiger charge is -2.21. The van der Waals surface area contributed by atoms with Gasteiger partial charge in [0.1, 0.15) is 5.75 Å². The van der Waals surface area contributed by atoms with Gasteiger partial charge in [0.25, 0.3) is 0 Å². The number of hydrogen-bond donors (Lipinski definition) is 2. The molecular formula is C14H20O4. The average molecular weight is 252 g/mol. The lowest BCUT2D eigenvalue weighted by atomic mass is 9.85. The average Bonchev–Trinajstić information content (AvgIpc) is 2.27. The van der Waals surface area contributed by atoms with Gasteiger partial charge in [-0.1, -0.05) is 32.9 Å². The molecule has 0 saturated carbocycles. The molecule has 4 nitrogen and oxygen atoms in total. The predicted octanol–water partition coefficient (Wildman–Crippen LogP) is 1.98. The second-order valence-electron chi connectivity index (χ2n) is 5.33. The Labute approximate surface area is 107 Å².